The van der Waals surface area contributed by atoms with Crippen molar-refractivity contribution < 1.29 is 23.1 Å². The standard InChI is InChI=1S/C25H27FN2O4/c1-25(2,3)32-24(30)28-10-8-15(9-11-28)22-14-18-12-16(5-7-21(18)31-22)17-4-6-19(23(27)29)20(26)13-17/h4-7,12-15H,8-11H2,1-3H3,(H2,27,29). The molecule has 1 aliphatic heterocycles. The van der Waals surface area contributed by atoms with Crippen molar-refractivity contribution in [3.8, 4) is 11.1 Å². The van der Waals surface area contributed by atoms with E-state index in [1.54, 1.807) is 11.0 Å². The summed E-state index contributed by atoms with van der Waals surface area (Å²) in [6, 6.07) is 12.1. The van der Waals surface area contributed by atoms with Gasteiger partial charge in [0.15, 0.2) is 0 Å². The summed E-state index contributed by atoms with van der Waals surface area (Å²) in [7, 11) is 0. The number of hydrogen-bond donors (Lipinski definition) is 1. The van der Waals surface area contributed by atoms with E-state index in [2.05, 4.69) is 0 Å². The number of primary amides is 1. The summed E-state index contributed by atoms with van der Waals surface area (Å²) in [4.78, 5) is 25.3. The van der Waals surface area contributed by atoms with Gasteiger partial charge in [-0.3, -0.25) is 4.79 Å². The minimum Gasteiger partial charge on any atom is -0.461 e. The van der Waals surface area contributed by atoms with Crippen molar-refractivity contribution in [1.29, 1.82) is 0 Å². The first-order valence-electron chi connectivity index (χ1n) is 10.7. The lowest BCUT2D eigenvalue weighted by Crippen LogP contribution is -2.41. The van der Waals surface area contributed by atoms with E-state index < -0.39 is 17.3 Å². The molecule has 1 fully saturated rings. The number of ether oxygens (including phenoxy) is 1. The van der Waals surface area contributed by atoms with Crippen LogP contribution in [0.3, 0.4) is 0 Å². The van der Waals surface area contributed by atoms with E-state index >= 15 is 0 Å². The van der Waals surface area contributed by atoms with Crippen molar-refractivity contribution >= 4 is 23.0 Å². The van der Waals surface area contributed by atoms with Crippen LogP contribution in [0.4, 0.5) is 9.18 Å². The van der Waals surface area contributed by atoms with Gasteiger partial charge < -0.3 is 19.8 Å². The van der Waals surface area contributed by atoms with E-state index in [0.29, 0.717) is 18.7 Å². The number of likely N-dealkylation sites (tertiary alicyclic amines) is 1. The Morgan fingerprint density at radius 1 is 1.06 bits per heavy atom. The van der Waals surface area contributed by atoms with E-state index in [9.17, 15) is 14.0 Å². The summed E-state index contributed by atoms with van der Waals surface area (Å²) in [5, 5.41) is 0.923. The minimum absolute atomic E-state index is 0.127. The number of halogens is 1. The molecule has 7 heteroatoms. The Morgan fingerprint density at radius 3 is 2.34 bits per heavy atom. The lowest BCUT2D eigenvalue weighted by atomic mass is 9.94. The Balaban J connectivity index is 1.49. The van der Waals surface area contributed by atoms with Gasteiger partial charge in [0.05, 0.1) is 5.56 Å². The number of nitrogens with zero attached hydrogens (tertiary/aromatic N) is 1. The maximum absolute atomic E-state index is 14.2. The molecule has 0 radical (unpaired) electrons. The van der Waals surface area contributed by atoms with E-state index in [4.69, 9.17) is 14.9 Å². The Hall–Kier alpha value is -3.35. The summed E-state index contributed by atoms with van der Waals surface area (Å²) in [6.07, 6.45) is 1.32. The number of carbonyl (C=O) groups is 2. The highest BCUT2D eigenvalue weighted by atomic mass is 19.1. The molecule has 2 aromatic carbocycles. The zero-order valence-electron chi connectivity index (χ0n) is 18.5. The number of carbonyl (C=O) groups excluding carboxylic acids is 2. The Morgan fingerprint density at radius 2 is 1.72 bits per heavy atom. The predicted molar refractivity (Wildman–Crippen MR) is 120 cm³/mol. The normalized spacial score (nSPS) is 15.2. The average Bonchev–Trinajstić information content (AvgIpc) is 3.15. The van der Waals surface area contributed by atoms with Crippen molar-refractivity contribution in [2.24, 2.45) is 5.73 Å². The third-order valence-corrected chi connectivity index (χ3v) is 5.65. The largest absolute Gasteiger partial charge is 0.461 e. The molecule has 1 aromatic heterocycles. The maximum Gasteiger partial charge on any atom is 0.410 e. The fraction of sp³-hybridized carbons (Fsp3) is 0.360. The van der Waals surface area contributed by atoms with Gasteiger partial charge >= 0.3 is 6.09 Å². The molecule has 0 spiro atoms. The van der Waals surface area contributed by atoms with Gasteiger partial charge in [0.25, 0.3) is 5.91 Å². The second-order valence-corrected chi connectivity index (χ2v) is 9.20. The second kappa shape index (κ2) is 8.30. The minimum atomic E-state index is -0.790. The van der Waals surface area contributed by atoms with Gasteiger partial charge in [-0.1, -0.05) is 12.1 Å². The molecule has 2 N–H and O–H groups in total. The van der Waals surface area contributed by atoms with Crippen molar-refractivity contribution in [3.05, 3.63) is 59.6 Å². The Kier molecular flexibility index (Phi) is 5.67. The van der Waals surface area contributed by atoms with Crippen molar-refractivity contribution in [1.82, 2.24) is 4.90 Å². The molecular formula is C25H27FN2O4. The van der Waals surface area contributed by atoms with Crippen LogP contribution in [-0.4, -0.2) is 35.6 Å². The van der Waals surface area contributed by atoms with Gasteiger partial charge in [0, 0.05) is 24.4 Å². The van der Waals surface area contributed by atoms with Gasteiger partial charge in [-0.25, -0.2) is 9.18 Å². The molecule has 4 rings (SSSR count). The topological polar surface area (TPSA) is 85.8 Å². The van der Waals surface area contributed by atoms with Crippen LogP contribution in [0.5, 0.6) is 0 Å². The zero-order valence-corrected chi connectivity index (χ0v) is 18.5. The monoisotopic (exact) mass is 438 g/mol. The van der Waals surface area contributed by atoms with Gasteiger partial charge in [-0.15, -0.1) is 0 Å². The van der Waals surface area contributed by atoms with Crippen LogP contribution < -0.4 is 5.73 Å². The van der Waals surface area contributed by atoms with E-state index in [1.165, 1.54) is 12.1 Å². The summed E-state index contributed by atoms with van der Waals surface area (Å²) in [6.45, 7) is 6.82. The fourth-order valence-electron chi connectivity index (χ4n) is 4.01. The van der Waals surface area contributed by atoms with Crippen LogP contribution in [0.1, 0.15) is 55.6 Å². The van der Waals surface area contributed by atoms with Crippen LogP contribution in [0.25, 0.3) is 22.1 Å². The van der Waals surface area contributed by atoms with E-state index in [0.717, 1.165) is 35.1 Å². The SMILES string of the molecule is CC(C)(C)OC(=O)N1CCC(c2cc3cc(-c4ccc(C(N)=O)c(F)c4)ccc3o2)CC1. The molecule has 168 valence electrons. The molecule has 3 aromatic rings. The molecule has 32 heavy (non-hydrogen) atoms. The molecule has 0 bridgehead atoms. The van der Waals surface area contributed by atoms with Crippen LogP contribution in [0.15, 0.2) is 46.9 Å². The number of amides is 2. The van der Waals surface area contributed by atoms with Crippen LogP contribution in [0, 0.1) is 5.82 Å². The second-order valence-electron chi connectivity index (χ2n) is 9.20. The summed E-state index contributed by atoms with van der Waals surface area (Å²) in [5.74, 6) is -0.325. The van der Waals surface area contributed by atoms with E-state index in [-0.39, 0.29) is 17.6 Å². The molecular weight excluding hydrogens is 411 g/mol. The van der Waals surface area contributed by atoms with Gasteiger partial charge in [-0.2, -0.15) is 0 Å². The number of rotatable bonds is 3. The number of fused-ring (bicyclic) bond motifs is 1. The molecule has 6 nitrogen and oxygen atoms in total. The smallest absolute Gasteiger partial charge is 0.410 e. The van der Waals surface area contributed by atoms with Crippen molar-refractivity contribution in [2.75, 3.05) is 13.1 Å². The number of nitrogens with two attached hydrogens (primary N) is 1. The molecule has 2 heterocycles. The van der Waals surface area contributed by atoms with Crippen LogP contribution in [-0.2, 0) is 4.74 Å². The Bertz CT molecular complexity index is 1170. The maximum atomic E-state index is 14.2. The third kappa shape index (κ3) is 4.61. The molecule has 1 aliphatic rings. The number of hydrogen-bond acceptors (Lipinski definition) is 4. The molecule has 0 saturated carbocycles. The van der Waals surface area contributed by atoms with Crippen molar-refractivity contribution in [3.63, 3.8) is 0 Å². The molecule has 2 amide bonds. The molecule has 1 saturated heterocycles. The molecule has 0 atom stereocenters. The molecule has 0 unspecified atom stereocenters. The lowest BCUT2D eigenvalue weighted by Gasteiger charge is -2.32. The number of furan rings is 1. The summed E-state index contributed by atoms with van der Waals surface area (Å²) in [5.41, 5.74) is 6.78. The van der Waals surface area contributed by atoms with Crippen LogP contribution in [0.2, 0.25) is 0 Å². The van der Waals surface area contributed by atoms with Crippen LogP contribution >= 0.6 is 0 Å². The Labute approximate surface area is 186 Å². The predicted octanol–water partition coefficient (Wildman–Crippen LogP) is 5.45. The first-order chi connectivity index (χ1) is 15.1. The highest BCUT2D eigenvalue weighted by molar-refractivity contribution is 5.94. The van der Waals surface area contributed by atoms with E-state index in [1.807, 2.05) is 45.0 Å². The quantitative estimate of drug-likeness (QED) is 0.589. The average molecular weight is 438 g/mol. The van der Waals surface area contributed by atoms with Gasteiger partial charge in [0.2, 0.25) is 0 Å². The lowest BCUT2D eigenvalue weighted by molar-refractivity contribution is 0.0200. The first-order valence-corrected chi connectivity index (χ1v) is 10.7. The van der Waals surface area contributed by atoms with Gasteiger partial charge in [-0.05, 0) is 75.1 Å². The summed E-state index contributed by atoms with van der Waals surface area (Å²) >= 11 is 0. The fourth-order valence-corrected chi connectivity index (χ4v) is 4.01. The first kappa shape index (κ1) is 21.9. The van der Waals surface area contributed by atoms with Gasteiger partial charge in [0.1, 0.15) is 22.8 Å². The number of benzene rings is 2. The third-order valence-electron chi connectivity index (χ3n) is 5.65. The zero-order chi connectivity index (χ0) is 23.0. The van der Waals surface area contributed by atoms with Crippen molar-refractivity contribution in [2.45, 2.75) is 45.1 Å². The summed E-state index contributed by atoms with van der Waals surface area (Å²) < 4.78 is 25.7. The number of piperidine rings is 1. The molecule has 0 aliphatic carbocycles. The highest BCUT2D eigenvalue weighted by Crippen LogP contribution is 2.34. The highest BCUT2D eigenvalue weighted by Gasteiger charge is 2.29.